The summed E-state index contributed by atoms with van der Waals surface area (Å²) < 4.78 is 0. The van der Waals surface area contributed by atoms with Gasteiger partial charge in [0.05, 0.1) is 0 Å². The fraction of sp³-hybridized carbons (Fsp3) is 0.600. The summed E-state index contributed by atoms with van der Waals surface area (Å²) >= 11 is 0. The number of rotatable bonds is 2. The third kappa shape index (κ3) is 1.19. The van der Waals surface area contributed by atoms with Crippen LogP contribution in [0.2, 0.25) is 0 Å². The topological polar surface area (TPSA) is 37.8 Å². The molecular formula is C10H13N3. The standard InChI is InChI=1S/C10H13N3/c1-6-2-10(12-5-11-6)13-9-4-7-3-8(7)9/h2,5,7-9H,3-4H2,1H3,(H,11,12,13)/t7-,8?,9+/m0/s1. The van der Waals surface area contributed by atoms with Crippen molar-refractivity contribution in [2.75, 3.05) is 5.32 Å². The number of anilines is 1. The van der Waals surface area contributed by atoms with Crippen LogP contribution in [-0.2, 0) is 0 Å². The van der Waals surface area contributed by atoms with E-state index in [9.17, 15) is 0 Å². The molecule has 13 heavy (non-hydrogen) atoms. The largest absolute Gasteiger partial charge is 0.367 e. The highest BCUT2D eigenvalue weighted by Gasteiger charge is 2.53. The van der Waals surface area contributed by atoms with Gasteiger partial charge in [-0.1, -0.05) is 0 Å². The molecule has 2 aliphatic carbocycles. The summed E-state index contributed by atoms with van der Waals surface area (Å²) in [6.07, 6.45) is 4.40. The molecule has 0 aromatic carbocycles. The fourth-order valence-corrected chi connectivity index (χ4v) is 2.23. The van der Waals surface area contributed by atoms with Crippen LogP contribution in [0.1, 0.15) is 18.5 Å². The Labute approximate surface area is 77.6 Å². The molecule has 0 spiro atoms. The molecule has 68 valence electrons. The number of aromatic nitrogens is 2. The summed E-state index contributed by atoms with van der Waals surface area (Å²) in [7, 11) is 0. The van der Waals surface area contributed by atoms with Crippen molar-refractivity contribution in [2.45, 2.75) is 25.8 Å². The SMILES string of the molecule is Cc1cc(N[C@@H]2C[C@@H]3CC32)ncn1. The molecular weight excluding hydrogens is 162 g/mol. The van der Waals surface area contributed by atoms with Crippen LogP contribution >= 0.6 is 0 Å². The Morgan fingerprint density at radius 2 is 2.31 bits per heavy atom. The van der Waals surface area contributed by atoms with E-state index in [0.29, 0.717) is 6.04 Å². The fourth-order valence-electron chi connectivity index (χ4n) is 2.23. The predicted octanol–water partition coefficient (Wildman–Crippen LogP) is 1.61. The van der Waals surface area contributed by atoms with Gasteiger partial charge in [-0.15, -0.1) is 0 Å². The molecule has 0 aliphatic heterocycles. The van der Waals surface area contributed by atoms with Crippen LogP contribution in [0.25, 0.3) is 0 Å². The van der Waals surface area contributed by atoms with E-state index in [1.807, 2.05) is 13.0 Å². The molecule has 3 rings (SSSR count). The molecule has 2 fully saturated rings. The zero-order chi connectivity index (χ0) is 8.84. The summed E-state index contributed by atoms with van der Waals surface area (Å²) in [4.78, 5) is 8.26. The van der Waals surface area contributed by atoms with Gasteiger partial charge in [0.1, 0.15) is 12.1 Å². The molecule has 3 nitrogen and oxygen atoms in total. The second-order valence-corrected chi connectivity index (χ2v) is 4.19. The monoisotopic (exact) mass is 175 g/mol. The molecule has 3 atom stereocenters. The Balaban J connectivity index is 1.71. The van der Waals surface area contributed by atoms with Crippen LogP contribution in [0, 0.1) is 18.8 Å². The highest BCUT2D eigenvalue weighted by Crippen LogP contribution is 2.56. The molecule has 0 amide bonds. The number of hydrogen-bond donors (Lipinski definition) is 1. The highest BCUT2D eigenvalue weighted by molar-refractivity contribution is 5.38. The van der Waals surface area contributed by atoms with E-state index in [0.717, 1.165) is 23.3 Å². The maximum atomic E-state index is 4.19. The highest BCUT2D eigenvalue weighted by atomic mass is 15.1. The smallest absolute Gasteiger partial charge is 0.129 e. The Hall–Kier alpha value is -1.12. The molecule has 3 heteroatoms. The van der Waals surface area contributed by atoms with Gasteiger partial charge in [-0.05, 0) is 31.6 Å². The van der Waals surface area contributed by atoms with Crippen molar-refractivity contribution in [1.82, 2.24) is 9.97 Å². The van der Waals surface area contributed by atoms with Crippen LogP contribution < -0.4 is 5.32 Å². The molecule has 0 radical (unpaired) electrons. The predicted molar refractivity (Wildman–Crippen MR) is 50.4 cm³/mol. The molecule has 0 saturated heterocycles. The van der Waals surface area contributed by atoms with Gasteiger partial charge in [0.15, 0.2) is 0 Å². The zero-order valence-electron chi connectivity index (χ0n) is 7.70. The van der Waals surface area contributed by atoms with Crippen molar-refractivity contribution < 1.29 is 0 Å². The number of hydrogen-bond acceptors (Lipinski definition) is 3. The minimum absolute atomic E-state index is 0.694. The van der Waals surface area contributed by atoms with Gasteiger partial charge < -0.3 is 5.32 Å². The van der Waals surface area contributed by atoms with E-state index < -0.39 is 0 Å². The molecule has 1 aromatic rings. The second-order valence-electron chi connectivity index (χ2n) is 4.19. The average molecular weight is 175 g/mol. The van der Waals surface area contributed by atoms with Gasteiger partial charge in [-0.3, -0.25) is 0 Å². The Morgan fingerprint density at radius 1 is 1.38 bits per heavy atom. The van der Waals surface area contributed by atoms with Gasteiger partial charge in [0, 0.05) is 17.8 Å². The van der Waals surface area contributed by atoms with E-state index in [2.05, 4.69) is 15.3 Å². The maximum Gasteiger partial charge on any atom is 0.129 e. The van der Waals surface area contributed by atoms with Crippen LogP contribution in [0.3, 0.4) is 0 Å². The summed E-state index contributed by atoms with van der Waals surface area (Å²) in [5, 5.41) is 3.46. The summed E-state index contributed by atoms with van der Waals surface area (Å²) in [5.41, 5.74) is 1.03. The van der Waals surface area contributed by atoms with Crippen molar-refractivity contribution in [1.29, 1.82) is 0 Å². The maximum absolute atomic E-state index is 4.19. The summed E-state index contributed by atoms with van der Waals surface area (Å²) in [6, 6.07) is 2.70. The van der Waals surface area contributed by atoms with Crippen molar-refractivity contribution in [3.8, 4) is 0 Å². The van der Waals surface area contributed by atoms with E-state index in [-0.39, 0.29) is 0 Å². The van der Waals surface area contributed by atoms with Crippen LogP contribution in [0.5, 0.6) is 0 Å². The van der Waals surface area contributed by atoms with Gasteiger partial charge in [0.2, 0.25) is 0 Å². The lowest BCUT2D eigenvalue weighted by Crippen LogP contribution is -2.31. The van der Waals surface area contributed by atoms with E-state index in [4.69, 9.17) is 0 Å². The summed E-state index contributed by atoms with van der Waals surface area (Å²) in [5.74, 6) is 2.98. The number of aryl methyl sites for hydroxylation is 1. The molecule has 1 unspecified atom stereocenters. The average Bonchev–Trinajstić information content (AvgIpc) is 2.73. The minimum Gasteiger partial charge on any atom is -0.367 e. The lowest BCUT2D eigenvalue weighted by Gasteiger charge is -2.26. The van der Waals surface area contributed by atoms with Gasteiger partial charge in [-0.2, -0.15) is 0 Å². The molecule has 1 N–H and O–H groups in total. The third-order valence-corrected chi connectivity index (χ3v) is 3.19. The first kappa shape index (κ1) is 7.30. The number of nitrogens with one attached hydrogen (secondary N) is 1. The molecule has 1 heterocycles. The van der Waals surface area contributed by atoms with Gasteiger partial charge >= 0.3 is 0 Å². The molecule has 1 aromatic heterocycles. The zero-order valence-corrected chi connectivity index (χ0v) is 7.70. The van der Waals surface area contributed by atoms with Crippen molar-refractivity contribution in [2.24, 2.45) is 11.8 Å². The van der Waals surface area contributed by atoms with Crippen LogP contribution in [-0.4, -0.2) is 16.0 Å². The molecule has 2 saturated carbocycles. The molecule has 0 bridgehead atoms. The summed E-state index contributed by atoms with van der Waals surface area (Å²) in [6.45, 7) is 1.99. The van der Waals surface area contributed by atoms with Crippen molar-refractivity contribution in [3.05, 3.63) is 18.1 Å². The van der Waals surface area contributed by atoms with Gasteiger partial charge in [0.25, 0.3) is 0 Å². The normalized spacial score (nSPS) is 34.7. The van der Waals surface area contributed by atoms with Crippen molar-refractivity contribution in [3.63, 3.8) is 0 Å². The van der Waals surface area contributed by atoms with E-state index in [1.165, 1.54) is 12.8 Å². The van der Waals surface area contributed by atoms with Crippen LogP contribution in [0.4, 0.5) is 5.82 Å². The lowest BCUT2D eigenvalue weighted by atomic mass is 9.93. The quantitative estimate of drug-likeness (QED) is 0.742. The second kappa shape index (κ2) is 2.44. The first-order valence-electron chi connectivity index (χ1n) is 4.88. The van der Waals surface area contributed by atoms with E-state index in [1.54, 1.807) is 6.33 Å². The van der Waals surface area contributed by atoms with Crippen LogP contribution in [0.15, 0.2) is 12.4 Å². The number of fused-ring (bicyclic) bond motifs is 1. The number of nitrogens with zero attached hydrogens (tertiary/aromatic N) is 2. The Kier molecular flexibility index (Phi) is 1.37. The first-order chi connectivity index (χ1) is 6.33. The minimum atomic E-state index is 0.694. The van der Waals surface area contributed by atoms with E-state index >= 15 is 0 Å². The van der Waals surface area contributed by atoms with Gasteiger partial charge in [-0.25, -0.2) is 9.97 Å². The third-order valence-electron chi connectivity index (χ3n) is 3.19. The Bertz CT molecular complexity index is 337. The first-order valence-corrected chi connectivity index (χ1v) is 4.88. The molecule has 2 aliphatic rings. The lowest BCUT2D eigenvalue weighted by molar-refractivity contribution is 0.412. The van der Waals surface area contributed by atoms with Crippen molar-refractivity contribution >= 4 is 5.82 Å². The Morgan fingerprint density at radius 3 is 2.92 bits per heavy atom.